The number of esters is 1. The summed E-state index contributed by atoms with van der Waals surface area (Å²) in [6, 6.07) is 2.49. The zero-order valence-corrected chi connectivity index (χ0v) is 14.0. The third-order valence-electron chi connectivity index (χ3n) is 2.61. The molecule has 0 amide bonds. The fourth-order valence-electron chi connectivity index (χ4n) is 1.62. The summed E-state index contributed by atoms with van der Waals surface area (Å²) in [5.74, 6) is -4.46. The molecule has 2 aromatic rings. The van der Waals surface area contributed by atoms with Crippen molar-refractivity contribution in [3.8, 4) is 0 Å². The number of rotatable bonds is 4. The largest absolute Gasteiger partial charge is 0.464 e. The first kappa shape index (κ1) is 18.3. The van der Waals surface area contributed by atoms with Gasteiger partial charge in [0.15, 0.2) is 26.7 Å². The molecule has 0 aliphatic carbocycles. The number of nitrogens with one attached hydrogen (secondary N) is 1. The lowest BCUT2D eigenvalue weighted by molar-refractivity contribution is 0.0595. The number of hydrogen-bond acceptors (Lipinski definition) is 6. The molecule has 1 aromatic heterocycles. The van der Waals surface area contributed by atoms with Crippen molar-refractivity contribution < 1.29 is 26.7 Å². The van der Waals surface area contributed by atoms with E-state index in [9.17, 15) is 22.0 Å². The highest BCUT2D eigenvalue weighted by Gasteiger charge is 2.28. The first-order valence-electron chi connectivity index (χ1n) is 5.95. The second-order valence-electron chi connectivity index (χ2n) is 4.15. The van der Waals surface area contributed by atoms with Crippen LogP contribution >= 0.6 is 23.2 Å². The molecule has 24 heavy (non-hydrogen) atoms. The standard InChI is InChI=1S/C12H7Cl2F2N3O4S/c1-23-12(20)7-11(18-10(14)9(13)17-7)19-24(21,22)8-5(15)3-2-4-6(8)16/h2-4H,1H3,(H,18,19). The average molecular weight is 398 g/mol. The molecular formula is C12H7Cl2F2N3O4S. The number of sulfonamides is 1. The minimum atomic E-state index is -4.78. The number of benzene rings is 1. The predicted octanol–water partition coefficient (Wildman–Crippen LogP) is 2.65. The van der Waals surface area contributed by atoms with Gasteiger partial charge in [-0.25, -0.2) is 32.0 Å². The van der Waals surface area contributed by atoms with Crippen LogP contribution < -0.4 is 4.72 Å². The second-order valence-corrected chi connectivity index (χ2v) is 6.49. The molecule has 1 N–H and O–H groups in total. The Balaban J connectivity index is 2.58. The van der Waals surface area contributed by atoms with Crippen LogP contribution in [0.1, 0.15) is 10.5 Å². The molecule has 12 heteroatoms. The number of nitrogens with zero attached hydrogens (tertiary/aromatic N) is 2. The Morgan fingerprint density at radius 3 is 2.25 bits per heavy atom. The van der Waals surface area contributed by atoms with Gasteiger partial charge in [0, 0.05) is 0 Å². The van der Waals surface area contributed by atoms with Gasteiger partial charge in [-0.2, -0.15) is 0 Å². The molecule has 0 bridgehead atoms. The summed E-state index contributed by atoms with van der Waals surface area (Å²) < 4.78 is 58.0. The Kier molecular flexibility index (Phi) is 5.21. The topological polar surface area (TPSA) is 98.2 Å². The van der Waals surface area contributed by atoms with Gasteiger partial charge in [-0.1, -0.05) is 29.3 Å². The van der Waals surface area contributed by atoms with Crippen molar-refractivity contribution in [3.63, 3.8) is 0 Å². The third kappa shape index (κ3) is 3.55. The number of ether oxygens (including phenoxy) is 1. The van der Waals surface area contributed by atoms with E-state index in [2.05, 4.69) is 14.7 Å². The highest BCUT2D eigenvalue weighted by molar-refractivity contribution is 7.92. The van der Waals surface area contributed by atoms with Crippen LogP contribution in [-0.2, 0) is 14.8 Å². The van der Waals surface area contributed by atoms with Gasteiger partial charge in [0.1, 0.15) is 11.6 Å². The molecule has 0 atom stereocenters. The van der Waals surface area contributed by atoms with Gasteiger partial charge in [0.2, 0.25) is 0 Å². The van der Waals surface area contributed by atoms with Crippen LogP contribution in [0, 0.1) is 11.6 Å². The van der Waals surface area contributed by atoms with Crippen LogP contribution in [-0.4, -0.2) is 31.5 Å². The van der Waals surface area contributed by atoms with Crippen molar-refractivity contribution in [2.75, 3.05) is 11.8 Å². The summed E-state index contributed by atoms with van der Waals surface area (Å²) in [7, 11) is -3.78. The maximum absolute atomic E-state index is 13.7. The van der Waals surface area contributed by atoms with Crippen LogP contribution in [0.2, 0.25) is 10.3 Å². The van der Waals surface area contributed by atoms with Gasteiger partial charge in [0.25, 0.3) is 10.0 Å². The molecule has 128 valence electrons. The van der Waals surface area contributed by atoms with Crippen LogP contribution in [0.3, 0.4) is 0 Å². The van der Waals surface area contributed by atoms with E-state index in [-0.39, 0.29) is 0 Å². The SMILES string of the molecule is COC(=O)c1nc(Cl)c(Cl)nc1NS(=O)(=O)c1c(F)cccc1F. The normalized spacial score (nSPS) is 11.2. The van der Waals surface area contributed by atoms with E-state index >= 15 is 0 Å². The second kappa shape index (κ2) is 6.83. The maximum Gasteiger partial charge on any atom is 0.360 e. The van der Waals surface area contributed by atoms with E-state index in [0.717, 1.165) is 25.3 Å². The van der Waals surface area contributed by atoms with Crippen molar-refractivity contribution in [3.05, 3.63) is 45.8 Å². The van der Waals surface area contributed by atoms with Crippen LogP contribution in [0.5, 0.6) is 0 Å². The summed E-state index contributed by atoms with van der Waals surface area (Å²) in [6.07, 6.45) is 0. The highest BCUT2D eigenvalue weighted by atomic mass is 35.5. The fourth-order valence-corrected chi connectivity index (χ4v) is 3.02. The molecule has 2 rings (SSSR count). The van der Waals surface area contributed by atoms with Gasteiger partial charge in [-0.3, -0.25) is 4.72 Å². The van der Waals surface area contributed by atoms with Crippen LogP contribution in [0.4, 0.5) is 14.6 Å². The van der Waals surface area contributed by atoms with E-state index in [1.807, 2.05) is 0 Å². The molecular weight excluding hydrogens is 391 g/mol. The maximum atomic E-state index is 13.7. The smallest absolute Gasteiger partial charge is 0.360 e. The van der Waals surface area contributed by atoms with Crippen LogP contribution in [0.15, 0.2) is 23.1 Å². The molecule has 1 aromatic carbocycles. The minimum absolute atomic E-state index is 0.392. The summed E-state index contributed by atoms with van der Waals surface area (Å²) in [6.45, 7) is 0. The average Bonchev–Trinajstić information content (AvgIpc) is 2.49. The molecule has 0 radical (unpaired) electrons. The molecule has 0 spiro atoms. The lowest BCUT2D eigenvalue weighted by atomic mass is 10.3. The zero-order chi connectivity index (χ0) is 18.1. The molecule has 0 aliphatic heterocycles. The van der Waals surface area contributed by atoms with E-state index in [1.165, 1.54) is 0 Å². The number of halogens is 4. The Hall–Kier alpha value is -2.04. The van der Waals surface area contributed by atoms with E-state index in [4.69, 9.17) is 23.2 Å². The first-order chi connectivity index (χ1) is 11.2. The molecule has 0 unspecified atom stereocenters. The Morgan fingerprint density at radius 2 is 1.71 bits per heavy atom. The van der Waals surface area contributed by atoms with E-state index < -0.39 is 54.3 Å². The number of methoxy groups -OCH3 is 1. The molecule has 0 saturated carbocycles. The molecule has 0 fully saturated rings. The number of carbonyl (C=O) groups excluding carboxylic acids is 1. The number of hydrogen-bond donors (Lipinski definition) is 1. The third-order valence-corrected chi connectivity index (χ3v) is 4.63. The van der Waals surface area contributed by atoms with Gasteiger partial charge in [0.05, 0.1) is 7.11 Å². The summed E-state index contributed by atoms with van der Waals surface area (Å²) in [4.78, 5) is 17.5. The molecule has 1 heterocycles. The van der Waals surface area contributed by atoms with Gasteiger partial charge >= 0.3 is 5.97 Å². The molecule has 0 saturated heterocycles. The number of aromatic nitrogens is 2. The first-order valence-corrected chi connectivity index (χ1v) is 8.19. The Bertz CT molecular complexity index is 905. The van der Waals surface area contributed by atoms with Gasteiger partial charge in [-0.15, -0.1) is 0 Å². The minimum Gasteiger partial charge on any atom is -0.464 e. The van der Waals surface area contributed by atoms with Crippen molar-refractivity contribution in [2.45, 2.75) is 4.90 Å². The van der Waals surface area contributed by atoms with Gasteiger partial charge in [-0.05, 0) is 12.1 Å². The highest BCUT2D eigenvalue weighted by Crippen LogP contribution is 2.26. The Labute approximate surface area is 144 Å². The van der Waals surface area contributed by atoms with E-state index in [1.54, 1.807) is 4.72 Å². The zero-order valence-electron chi connectivity index (χ0n) is 11.7. The lowest BCUT2D eigenvalue weighted by Crippen LogP contribution is -2.20. The van der Waals surface area contributed by atoms with Crippen molar-refractivity contribution in [1.29, 1.82) is 0 Å². The Morgan fingerprint density at radius 1 is 1.17 bits per heavy atom. The fraction of sp³-hybridized carbons (Fsp3) is 0.0833. The number of anilines is 1. The predicted molar refractivity (Wildman–Crippen MR) is 80.6 cm³/mol. The summed E-state index contributed by atoms with van der Waals surface area (Å²) in [5, 5.41) is -0.826. The monoisotopic (exact) mass is 397 g/mol. The van der Waals surface area contributed by atoms with Crippen molar-refractivity contribution >= 4 is 45.0 Å². The van der Waals surface area contributed by atoms with Gasteiger partial charge < -0.3 is 4.74 Å². The van der Waals surface area contributed by atoms with Crippen LogP contribution in [0.25, 0.3) is 0 Å². The summed E-state index contributed by atoms with van der Waals surface area (Å²) in [5.41, 5.74) is -0.632. The van der Waals surface area contributed by atoms with Crippen molar-refractivity contribution in [1.82, 2.24) is 9.97 Å². The summed E-state index contributed by atoms with van der Waals surface area (Å²) >= 11 is 11.2. The molecule has 0 aliphatic rings. The molecule has 7 nitrogen and oxygen atoms in total. The van der Waals surface area contributed by atoms with Crippen molar-refractivity contribution in [2.24, 2.45) is 0 Å². The lowest BCUT2D eigenvalue weighted by Gasteiger charge is -2.12. The van der Waals surface area contributed by atoms with E-state index in [0.29, 0.717) is 0 Å². The number of carbonyl (C=O) groups is 1. The quantitative estimate of drug-likeness (QED) is 0.796.